The van der Waals surface area contributed by atoms with Gasteiger partial charge in [-0.1, -0.05) is 5.16 Å². The molecule has 1 aromatic carbocycles. The number of nitro groups is 1. The molecule has 1 aromatic heterocycles. The highest BCUT2D eigenvalue weighted by molar-refractivity contribution is 5.72. The SMILES string of the molecule is CN(C)Cc1noc(-c2ccc([N+](=O)[O-])cc2N)n1. The molecule has 0 saturated carbocycles. The molecule has 19 heavy (non-hydrogen) atoms. The van der Waals surface area contributed by atoms with Crippen molar-refractivity contribution in [3.63, 3.8) is 0 Å². The van der Waals surface area contributed by atoms with E-state index < -0.39 is 4.92 Å². The van der Waals surface area contributed by atoms with Crippen molar-refractivity contribution in [2.24, 2.45) is 0 Å². The molecule has 0 unspecified atom stereocenters. The van der Waals surface area contributed by atoms with Crippen molar-refractivity contribution in [2.75, 3.05) is 19.8 Å². The normalized spacial score (nSPS) is 10.9. The second-order valence-corrected chi connectivity index (χ2v) is 4.28. The van der Waals surface area contributed by atoms with Gasteiger partial charge in [0.2, 0.25) is 0 Å². The fourth-order valence-corrected chi connectivity index (χ4v) is 1.57. The Balaban J connectivity index is 2.31. The number of hydrogen-bond acceptors (Lipinski definition) is 7. The second-order valence-electron chi connectivity index (χ2n) is 4.28. The van der Waals surface area contributed by atoms with Gasteiger partial charge < -0.3 is 15.2 Å². The van der Waals surface area contributed by atoms with Gasteiger partial charge in [-0.25, -0.2) is 0 Å². The number of nitro benzene ring substituents is 1. The average Bonchev–Trinajstić information content (AvgIpc) is 2.76. The Morgan fingerprint density at radius 1 is 1.47 bits per heavy atom. The zero-order chi connectivity index (χ0) is 14.0. The first kappa shape index (κ1) is 13.0. The van der Waals surface area contributed by atoms with Gasteiger partial charge in [0.1, 0.15) is 0 Å². The van der Waals surface area contributed by atoms with E-state index >= 15 is 0 Å². The lowest BCUT2D eigenvalue weighted by Crippen LogP contribution is -2.11. The van der Waals surface area contributed by atoms with E-state index in [-0.39, 0.29) is 17.3 Å². The molecule has 0 saturated heterocycles. The van der Waals surface area contributed by atoms with Gasteiger partial charge in [0.05, 0.1) is 22.7 Å². The molecule has 0 bridgehead atoms. The number of nitrogens with zero attached hydrogens (tertiary/aromatic N) is 4. The first-order valence-corrected chi connectivity index (χ1v) is 5.49. The molecule has 0 amide bonds. The van der Waals surface area contributed by atoms with Crippen LogP contribution >= 0.6 is 0 Å². The molecule has 0 spiro atoms. The zero-order valence-electron chi connectivity index (χ0n) is 10.5. The summed E-state index contributed by atoms with van der Waals surface area (Å²) in [5, 5.41) is 14.4. The summed E-state index contributed by atoms with van der Waals surface area (Å²) in [7, 11) is 3.77. The van der Waals surface area contributed by atoms with Crippen LogP contribution in [0.4, 0.5) is 11.4 Å². The maximum atomic E-state index is 10.6. The molecule has 0 aliphatic heterocycles. The van der Waals surface area contributed by atoms with Crippen LogP contribution in [-0.4, -0.2) is 34.1 Å². The highest BCUT2D eigenvalue weighted by Crippen LogP contribution is 2.28. The van der Waals surface area contributed by atoms with Gasteiger partial charge in [0.15, 0.2) is 5.82 Å². The fourth-order valence-electron chi connectivity index (χ4n) is 1.57. The van der Waals surface area contributed by atoms with Crippen LogP contribution in [0.25, 0.3) is 11.5 Å². The summed E-state index contributed by atoms with van der Waals surface area (Å²) in [5.74, 6) is 0.780. The molecule has 8 heteroatoms. The molecule has 0 aliphatic carbocycles. The molecule has 2 rings (SSSR count). The largest absolute Gasteiger partial charge is 0.398 e. The minimum atomic E-state index is -0.509. The molecule has 0 fully saturated rings. The van der Waals surface area contributed by atoms with Crippen LogP contribution in [0.1, 0.15) is 5.82 Å². The molecule has 8 nitrogen and oxygen atoms in total. The monoisotopic (exact) mass is 263 g/mol. The summed E-state index contributed by atoms with van der Waals surface area (Å²) in [5.41, 5.74) is 6.40. The second kappa shape index (κ2) is 5.02. The van der Waals surface area contributed by atoms with Gasteiger partial charge >= 0.3 is 0 Å². The number of rotatable bonds is 4. The van der Waals surface area contributed by atoms with E-state index in [1.807, 2.05) is 19.0 Å². The van der Waals surface area contributed by atoms with Crippen molar-refractivity contribution in [3.05, 3.63) is 34.1 Å². The lowest BCUT2D eigenvalue weighted by molar-refractivity contribution is -0.384. The van der Waals surface area contributed by atoms with Crippen LogP contribution < -0.4 is 5.73 Å². The number of aromatic nitrogens is 2. The van der Waals surface area contributed by atoms with Crippen molar-refractivity contribution in [1.82, 2.24) is 15.0 Å². The minimum absolute atomic E-state index is 0.0747. The van der Waals surface area contributed by atoms with E-state index in [0.29, 0.717) is 17.9 Å². The molecular formula is C11H13N5O3. The van der Waals surface area contributed by atoms with E-state index in [1.165, 1.54) is 18.2 Å². The van der Waals surface area contributed by atoms with Crippen LogP contribution in [0.3, 0.4) is 0 Å². The van der Waals surface area contributed by atoms with Crippen molar-refractivity contribution < 1.29 is 9.45 Å². The predicted molar refractivity (Wildman–Crippen MR) is 68.2 cm³/mol. The number of non-ortho nitro benzene ring substituents is 1. The number of nitrogens with two attached hydrogens (primary N) is 1. The smallest absolute Gasteiger partial charge is 0.271 e. The lowest BCUT2D eigenvalue weighted by Gasteiger charge is -2.03. The first-order chi connectivity index (χ1) is 8.97. The standard InChI is InChI=1S/C11H13N5O3/c1-15(2)6-10-13-11(19-14-10)8-4-3-7(16(17)18)5-9(8)12/h3-5H,6,12H2,1-2H3. The fraction of sp³-hybridized carbons (Fsp3) is 0.273. The molecular weight excluding hydrogens is 250 g/mol. The minimum Gasteiger partial charge on any atom is -0.398 e. The van der Waals surface area contributed by atoms with E-state index in [2.05, 4.69) is 10.1 Å². The number of benzene rings is 1. The quantitative estimate of drug-likeness (QED) is 0.502. The first-order valence-electron chi connectivity index (χ1n) is 5.49. The molecule has 0 aliphatic rings. The number of hydrogen-bond donors (Lipinski definition) is 1. The number of nitrogen functional groups attached to an aromatic ring is 1. The van der Waals surface area contributed by atoms with Crippen LogP contribution in [0.2, 0.25) is 0 Å². The molecule has 1 heterocycles. The molecule has 100 valence electrons. The molecule has 2 N–H and O–H groups in total. The van der Waals surface area contributed by atoms with E-state index in [0.717, 1.165) is 0 Å². The van der Waals surface area contributed by atoms with Crippen molar-refractivity contribution >= 4 is 11.4 Å². The average molecular weight is 263 g/mol. The van der Waals surface area contributed by atoms with E-state index in [1.54, 1.807) is 0 Å². The van der Waals surface area contributed by atoms with E-state index in [4.69, 9.17) is 10.3 Å². The Kier molecular flexibility index (Phi) is 3.43. The van der Waals surface area contributed by atoms with Crippen molar-refractivity contribution in [3.8, 4) is 11.5 Å². The third-order valence-electron chi connectivity index (χ3n) is 2.40. The summed E-state index contributed by atoms with van der Waals surface area (Å²) in [6.07, 6.45) is 0. The maximum absolute atomic E-state index is 10.6. The van der Waals surface area contributed by atoms with E-state index in [9.17, 15) is 10.1 Å². The van der Waals surface area contributed by atoms with Crippen LogP contribution in [0, 0.1) is 10.1 Å². The van der Waals surface area contributed by atoms with Gasteiger partial charge in [-0.2, -0.15) is 4.98 Å². The van der Waals surface area contributed by atoms with Crippen LogP contribution in [-0.2, 0) is 6.54 Å². The van der Waals surface area contributed by atoms with Gasteiger partial charge in [0, 0.05) is 12.1 Å². The maximum Gasteiger partial charge on any atom is 0.271 e. The predicted octanol–water partition coefficient (Wildman–Crippen LogP) is 1.29. The zero-order valence-corrected chi connectivity index (χ0v) is 10.5. The third kappa shape index (κ3) is 2.86. The van der Waals surface area contributed by atoms with Gasteiger partial charge in [-0.3, -0.25) is 10.1 Å². The summed E-state index contributed by atoms with van der Waals surface area (Å²) in [6, 6.07) is 4.12. The van der Waals surface area contributed by atoms with Crippen molar-refractivity contribution in [2.45, 2.75) is 6.54 Å². The Morgan fingerprint density at radius 2 is 2.21 bits per heavy atom. The van der Waals surface area contributed by atoms with Crippen LogP contribution in [0.15, 0.2) is 22.7 Å². The van der Waals surface area contributed by atoms with Gasteiger partial charge in [0.25, 0.3) is 11.6 Å². The Labute approximate surface area is 109 Å². The Hall–Kier alpha value is -2.48. The summed E-state index contributed by atoms with van der Waals surface area (Å²) >= 11 is 0. The summed E-state index contributed by atoms with van der Waals surface area (Å²) < 4.78 is 5.10. The van der Waals surface area contributed by atoms with Gasteiger partial charge in [-0.15, -0.1) is 0 Å². The molecule has 2 aromatic rings. The topological polar surface area (TPSA) is 111 Å². The van der Waals surface area contributed by atoms with Gasteiger partial charge in [-0.05, 0) is 20.2 Å². The summed E-state index contributed by atoms with van der Waals surface area (Å²) in [6.45, 7) is 0.538. The lowest BCUT2D eigenvalue weighted by atomic mass is 10.1. The molecule has 0 radical (unpaired) electrons. The highest BCUT2D eigenvalue weighted by atomic mass is 16.6. The molecule has 0 atom stereocenters. The third-order valence-corrected chi connectivity index (χ3v) is 2.40. The Bertz CT molecular complexity index is 608. The number of anilines is 1. The van der Waals surface area contributed by atoms with Crippen LogP contribution in [0.5, 0.6) is 0 Å². The van der Waals surface area contributed by atoms with Crippen molar-refractivity contribution in [1.29, 1.82) is 0 Å². The Morgan fingerprint density at radius 3 is 2.79 bits per heavy atom. The highest BCUT2D eigenvalue weighted by Gasteiger charge is 2.15. The summed E-state index contributed by atoms with van der Waals surface area (Å²) in [4.78, 5) is 16.2.